The molecule has 8 heteroatoms. The summed E-state index contributed by atoms with van der Waals surface area (Å²) in [5.41, 5.74) is 0. The Bertz CT molecular complexity index is 418. The molecule has 0 bridgehead atoms. The quantitative estimate of drug-likeness (QED) is 0.572. The molecule has 0 rings (SSSR count). The fourth-order valence-corrected chi connectivity index (χ4v) is 2.74. The van der Waals surface area contributed by atoms with Gasteiger partial charge in [-0.3, -0.25) is 9.59 Å². The van der Waals surface area contributed by atoms with Gasteiger partial charge < -0.3 is 9.84 Å². The highest BCUT2D eigenvalue weighted by Crippen LogP contribution is 2.20. The van der Waals surface area contributed by atoms with Gasteiger partial charge in [-0.25, -0.2) is 13.1 Å². The SMILES string of the molecule is COC(=O)CS(=O)(=O)NCCC(CCC(=O)O)C(C)C. The minimum atomic E-state index is -3.69. The van der Waals surface area contributed by atoms with E-state index in [1.165, 1.54) is 0 Å². The molecule has 0 radical (unpaired) electrons. The Hall–Kier alpha value is -1.15. The van der Waals surface area contributed by atoms with E-state index in [1.54, 1.807) is 0 Å². The molecule has 2 N–H and O–H groups in total. The number of carbonyl (C=O) groups excluding carboxylic acids is 1. The van der Waals surface area contributed by atoms with E-state index in [0.717, 1.165) is 7.11 Å². The summed E-state index contributed by atoms with van der Waals surface area (Å²) in [7, 11) is -2.56. The minimum absolute atomic E-state index is 0.0672. The van der Waals surface area contributed by atoms with Crippen LogP contribution in [0.3, 0.4) is 0 Å². The Labute approximate surface area is 119 Å². The normalized spacial score (nSPS) is 13.2. The van der Waals surface area contributed by atoms with Crippen LogP contribution in [0.1, 0.15) is 33.1 Å². The maximum Gasteiger partial charge on any atom is 0.322 e. The molecule has 1 unspecified atom stereocenters. The average Bonchev–Trinajstić information content (AvgIpc) is 2.31. The standard InChI is InChI=1S/C12H23NO6S/c1-9(2)10(4-5-11(14)15)6-7-13-20(17,18)8-12(16)19-3/h9-10,13H,4-8H2,1-3H3,(H,14,15). The van der Waals surface area contributed by atoms with Crippen LogP contribution in [0.15, 0.2) is 0 Å². The Kier molecular flexibility index (Phi) is 8.40. The highest BCUT2D eigenvalue weighted by atomic mass is 32.2. The van der Waals surface area contributed by atoms with Crippen LogP contribution >= 0.6 is 0 Å². The van der Waals surface area contributed by atoms with Crippen molar-refractivity contribution >= 4 is 22.0 Å². The molecule has 0 amide bonds. The van der Waals surface area contributed by atoms with E-state index in [2.05, 4.69) is 9.46 Å². The van der Waals surface area contributed by atoms with Gasteiger partial charge in [-0.15, -0.1) is 0 Å². The predicted molar refractivity (Wildman–Crippen MR) is 73.6 cm³/mol. The van der Waals surface area contributed by atoms with Gasteiger partial charge in [-0.05, 0) is 24.7 Å². The number of ether oxygens (including phenoxy) is 1. The summed E-state index contributed by atoms with van der Waals surface area (Å²) < 4.78 is 29.6. The molecule has 0 aliphatic carbocycles. The van der Waals surface area contributed by atoms with Gasteiger partial charge in [-0.2, -0.15) is 0 Å². The first kappa shape index (κ1) is 18.9. The summed E-state index contributed by atoms with van der Waals surface area (Å²) in [4.78, 5) is 21.5. The van der Waals surface area contributed by atoms with Crippen LogP contribution in [0.5, 0.6) is 0 Å². The van der Waals surface area contributed by atoms with Gasteiger partial charge in [0, 0.05) is 13.0 Å². The molecule has 7 nitrogen and oxygen atoms in total. The molecule has 0 saturated heterocycles. The van der Waals surface area contributed by atoms with Crippen LogP contribution in [0.25, 0.3) is 0 Å². The van der Waals surface area contributed by atoms with E-state index in [-0.39, 0.29) is 24.8 Å². The monoisotopic (exact) mass is 309 g/mol. The predicted octanol–water partition coefficient (Wildman–Crippen LogP) is 0.606. The van der Waals surface area contributed by atoms with E-state index in [4.69, 9.17) is 5.11 Å². The maximum atomic E-state index is 11.5. The number of nitrogens with one attached hydrogen (secondary N) is 1. The number of rotatable bonds is 10. The van der Waals surface area contributed by atoms with Gasteiger partial charge in [0.25, 0.3) is 0 Å². The Morgan fingerprint density at radius 1 is 1.25 bits per heavy atom. The van der Waals surface area contributed by atoms with Crippen LogP contribution < -0.4 is 4.72 Å². The zero-order chi connectivity index (χ0) is 15.8. The van der Waals surface area contributed by atoms with Crippen LogP contribution in [-0.4, -0.2) is 44.9 Å². The fourth-order valence-electron chi connectivity index (χ4n) is 1.78. The van der Waals surface area contributed by atoms with Crippen molar-refractivity contribution in [2.75, 3.05) is 19.4 Å². The average molecular weight is 309 g/mol. The van der Waals surface area contributed by atoms with E-state index in [0.29, 0.717) is 12.8 Å². The number of carboxylic acids is 1. The third kappa shape index (κ3) is 8.87. The zero-order valence-corrected chi connectivity index (χ0v) is 12.9. The zero-order valence-electron chi connectivity index (χ0n) is 12.1. The molecule has 0 heterocycles. The van der Waals surface area contributed by atoms with Gasteiger partial charge in [-0.1, -0.05) is 13.8 Å². The number of methoxy groups -OCH3 is 1. The molecule has 0 fully saturated rings. The van der Waals surface area contributed by atoms with Crippen molar-refractivity contribution in [3.05, 3.63) is 0 Å². The van der Waals surface area contributed by atoms with Crippen molar-refractivity contribution in [2.24, 2.45) is 11.8 Å². The Morgan fingerprint density at radius 3 is 2.30 bits per heavy atom. The third-order valence-corrected chi connectivity index (χ3v) is 4.30. The van der Waals surface area contributed by atoms with Gasteiger partial charge >= 0.3 is 11.9 Å². The van der Waals surface area contributed by atoms with Crippen LogP contribution in [0.4, 0.5) is 0 Å². The van der Waals surface area contributed by atoms with Crippen LogP contribution in [0.2, 0.25) is 0 Å². The number of hydrogen-bond acceptors (Lipinski definition) is 5. The minimum Gasteiger partial charge on any atom is -0.481 e. The maximum absolute atomic E-state index is 11.5. The first-order valence-electron chi connectivity index (χ1n) is 6.44. The second-order valence-electron chi connectivity index (χ2n) is 4.95. The molecule has 20 heavy (non-hydrogen) atoms. The summed E-state index contributed by atoms with van der Waals surface area (Å²) in [6, 6.07) is 0. The molecule has 0 aliphatic rings. The molecule has 0 aromatic heterocycles. The second-order valence-corrected chi connectivity index (χ2v) is 6.76. The van der Waals surface area contributed by atoms with E-state index < -0.39 is 27.7 Å². The van der Waals surface area contributed by atoms with Gasteiger partial charge in [0.15, 0.2) is 5.75 Å². The first-order valence-corrected chi connectivity index (χ1v) is 8.09. The van der Waals surface area contributed by atoms with Crippen molar-refractivity contribution in [3.63, 3.8) is 0 Å². The lowest BCUT2D eigenvalue weighted by molar-refractivity contribution is -0.138. The number of carbonyl (C=O) groups is 2. The van der Waals surface area contributed by atoms with Crippen LogP contribution in [-0.2, 0) is 24.3 Å². The Morgan fingerprint density at radius 2 is 1.85 bits per heavy atom. The third-order valence-electron chi connectivity index (χ3n) is 3.04. The van der Waals surface area contributed by atoms with Gasteiger partial charge in [0.2, 0.25) is 10.0 Å². The molecule has 0 aromatic rings. The molecule has 0 aliphatic heterocycles. The summed E-state index contributed by atoms with van der Waals surface area (Å²) in [6.45, 7) is 4.12. The lowest BCUT2D eigenvalue weighted by Gasteiger charge is -2.20. The summed E-state index contributed by atoms with van der Waals surface area (Å²) >= 11 is 0. The fraction of sp³-hybridized carbons (Fsp3) is 0.833. The van der Waals surface area contributed by atoms with Gasteiger partial charge in [0.1, 0.15) is 0 Å². The van der Waals surface area contributed by atoms with Crippen molar-refractivity contribution in [2.45, 2.75) is 33.1 Å². The number of carboxylic acid groups (broad SMARTS) is 1. The lowest BCUT2D eigenvalue weighted by atomic mass is 9.88. The molecular weight excluding hydrogens is 286 g/mol. The van der Waals surface area contributed by atoms with E-state index in [9.17, 15) is 18.0 Å². The topological polar surface area (TPSA) is 110 Å². The molecular formula is C12H23NO6S. The molecule has 0 saturated carbocycles. The number of aliphatic carboxylic acids is 1. The van der Waals surface area contributed by atoms with Crippen molar-refractivity contribution in [1.82, 2.24) is 4.72 Å². The number of esters is 1. The van der Waals surface area contributed by atoms with Crippen molar-refractivity contribution in [3.8, 4) is 0 Å². The molecule has 0 aromatic carbocycles. The smallest absolute Gasteiger partial charge is 0.322 e. The molecule has 0 spiro atoms. The lowest BCUT2D eigenvalue weighted by Crippen LogP contribution is -2.32. The van der Waals surface area contributed by atoms with E-state index >= 15 is 0 Å². The summed E-state index contributed by atoms with van der Waals surface area (Å²) in [5, 5.41) is 8.66. The Balaban J connectivity index is 4.23. The highest BCUT2D eigenvalue weighted by Gasteiger charge is 2.19. The van der Waals surface area contributed by atoms with E-state index in [1.807, 2.05) is 13.8 Å². The highest BCUT2D eigenvalue weighted by molar-refractivity contribution is 7.90. The largest absolute Gasteiger partial charge is 0.481 e. The summed E-state index contributed by atoms with van der Waals surface area (Å²) in [6.07, 6.45) is 1.11. The van der Waals surface area contributed by atoms with Crippen molar-refractivity contribution < 1.29 is 27.9 Å². The van der Waals surface area contributed by atoms with Crippen molar-refractivity contribution in [1.29, 1.82) is 0 Å². The second kappa shape index (κ2) is 8.91. The first-order chi connectivity index (χ1) is 9.18. The van der Waals surface area contributed by atoms with Crippen LogP contribution in [0, 0.1) is 11.8 Å². The number of sulfonamides is 1. The van der Waals surface area contributed by atoms with Gasteiger partial charge in [0.05, 0.1) is 7.11 Å². The summed E-state index contributed by atoms with van der Waals surface area (Å²) in [5.74, 6) is -2.00. The molecule has 1 atom stereocenters. The molecule has 118 valence electrons. The number of hydrogen-bond donors (Lipinski definition) is 2.